The molecule has 0 amide bonds. The molecule has 1 saturated heterocycles. The molecular weight excluding hydrogens is 404 g/mol. The van der Waals surface area contributed by atoms with E-state index in [4.69, 9.17) is 9.15 Å². The Bertz CT molecular complexity index is 1140. The standard InChI is InChI=1S/C26H30N2O4/c1-3-19-15-25(30)32-26-18(2)24(12-11-23(19)26)31-17-22(29)16-27-20-7-9-21(10-8-20)28-13-5-4-6-14-28/h7-12,15,27H,3-6,13-14,16-17H2,1-2H3. The average Bonchev–Trinajstić information content (AvgIpc) is 2.83. The summed E-state index contributed by atoms with van der Waals surface area (Å²) in [5, 5.41) is 4.07. The van der Waals surface area contributed by atoms with Crippen molar-refractivity contribution in [3.8, 4) is 5.75 Å². The first-order valence-corrected chi connectivity index (χ1v) is 11.3. The van der Waals surface area contributed by atoms with Crippen LogP contribution >= 0.6 is 0 Å². The quantitative estimate of drug-likeness (QED) is 0.518. The maximum Gasteiger partial charge on any atom is 0.336 e. The molecule has 6 nitrogen and oxygen atoms in total. The minimum absolute atomic E-state index is 0.0527. The van der Waals surface area contributed by atoms with Crippen LogP contribution in [0.3, 0.4) is 0 Å². The van der Waals surface area contributed by atoms with E-state index in [0.717, 1.165) is 41.7 Å². The Balaban J connectivity index is 1.33. The first-order valence-electron chi connectivity index (χ1n) is 11.3. The number of nitrogens with one attached hydrogen (secondary N) is 1. The van der Waals surface area contributed by atoms with Gasteiger partial charge < -0.3 is 19.4 Å². The lowest BCUT2D eigenvalue weighted by Gasteiger charge is -2.28. The Kier molecular flexibility index (Phi) is 6.78. The van der Waals surface area contributed by atoms with E-state index < -0.39 is 0 Å². The highest BCUT2D eigenvalue weighted by Gasteiger charge is 2.13. The van der Waals surface area contributed by atoms with Crippen LogP contribution in [0.15, 0.2) is 51.7 Å². The van der Waals surface area contributed by atoms with E-state index in [1.807, 2.05) is 38.1 Å². The smallest absolute Gasteiger partial charge is 0.336 e. The van der Waals surface area contributed by atoms with Gasteiger partial charge in [-0.05, 0) is 74.6 Å². The highest BCUT2D eigenvalue weighted by Crippen LogP contribution is 2.28. The van der Waals surface area contributed by atoms with Gasteiger partial charge in [-0.15, -0.1) is 0 Å². The molecule has 0 atom stereocenters. The minimum atomic E-state index is -0.374. The van der Waals surface area contributed by atoms with E-state index in [1.165, 1.54) is 31.0 Å². The van der Waals surface area contributed by atoms with Gasteiger partial charge in [0.2, 0.25) is 0 Å². The van der Waals surface area contributed by atoms with Crippen molar-refractivity contribution in [3.05, 3.63) is 64.0 Å². The molecule has 0 radical (unpaired) electrons. The van der Waals surface area contributed by atoms with Crippen molar-refractivity contribution >= 4 is 28.1 Å². The molecule has 1 fully saturated rings. The van der Waals surface area contributed by atoms with Crippen LogP contribution in [0.4, 0.5) is 11.4 Å². The monoisotopic (exact) mass is 434 g/mol. The molecule has 0 unspecified atom stereocenters. The number of nitrogens with zero attached hydrogens (tertiary/aromatic N) is 1. The average molecular weight is 435 g/mol. The fourth-order valence-corrected chi connectivity index (χ4v) is 4.21. The zero-order valence-electron chi connectivity index (χ0n) is 18.8. The fourth-order valence-electron chi connectivity index (χ4n) is 4.21. The molecule has 32 heavy (non-hydrogen) atoms. The van der Waals surface area contributed by atoms with Crippen LogP contribution in [0.1, 0.15) is 37.3 Å². The number of carbonyl (C=O) groups is 1. The normalized spacial score (nSPS) is 13.9. The molecule has 168 valence electrons. The summed E-state index contributed by atoms with van der Waals surface area (Å²) in [5.74, 6) is 0.488. The maximum atomic E-state index is 12.4. The van der Waals surface area contributed by atoms with Crippen molar-refractivity contribution in [3.63, 3.8) is 0 Å². The van der Waals surface area contributed by atoms with E-state index in [2.05, 4.69) is 22.3 Å². The van der Waals surface area contributed by atoms with Crippen molar-refractivity contribution in [2.45, 2.75) is 39.5 Å². The zero-order chi connectivity index (χ0) is 22.5. The summed E-state index contributed by atoms with van der Waals surface area (Å²) in [5.41, 5.74) is 3.96. The first kappa shape index (κ1) is 21.9. The highest BCUT2D eigenvalue weighted by molar-refractivity contribution is 5.86. The van der Waals surface area contributed by atoms with E-state index in [-0.39, 0.29) is 24.6 Å². The molecule has 2 aromatic carbocycles. The van der Waals surface area contributed by atoms with Gasteiger partial charge in [0.1, 0.15) is 17.9 Å². The summed E-state index contributed by atoms with van der Waals surface area (Å²) in [6.45, 7) is 6.20. The molecule has 0 bridgehead atoms. The van der Waals surface area contributed by atoms with Gasteiger partial charge in [0.05, 0.1) is 6.54 Å². The number of anilines is 2. The van der Waals surface area contributed by atoms with Gasteiger partial charge in [0.15, 0.2) is 5.78 Å². The van der Waals surface area contributed by atoms with Gasteiger partial charge in [0, 0.05) is 41.5 Å². The van der Waals surface area contributed by atoms with Crippen LogP contribution < -0.4 is 20.6 Å². The number of rotatable bonds is 8. The number of Topliss-reactive ketones (excluding diaryl/α,β-unsaturated/α-hetero) is 1. The van der Waals surface area contributed by atoms with Gasteiger partial charge in [-0.25, -0.2) is 4.79 Å². The number of ketones is 1. The van der Waals surface area contributed by atoms with Crippen LogP contribution in [0.2, 0.25) is 0 Å². The summed E-state index contributed by atoms with van der Waals surface area (Å²) in [4.78, 5) is 26.6. The third-order valence-corrected chi connectivity index (χ3v) is 6.04. The third kappa shape index (κ3) is 4.96. The molecule has 1 N–H and O–H groups in total. The second-order valence-electron chi connectivity index (χ2n) is 8.29. The molecular formula is C26H30N2O4. The van der Waals surface area contributed by atoms with Gasteiger partial charge in [0.25, 0.3) is 0 Å². The molecule has 4 rings (SSSR count). The van der Waals surface area contributed by atoms with Crippen molar-refractivity contribution < 1.29 is 13.9 Å². The largest absolute Gasteiger partial charge is 0.485 e. The Morgan fingerprint density at radius 2 is 1.84 bits per heavy atom. The van der Waals surface area contributed by atoms with Crippen molar-refractivity contribution in [1.29, 1.82) is 0 Å². The van der Waals surface area contributed by atoms with Gasteiger partial charge in [-0.1, -0.05) is 6.92 Å². The Hall–Kier alpha value is -3.28. The topological polar surface area (TPSA) is 71.8 Å². The van der Waals surface area contributed by atoms with Crippen molar-refractivity contribution in [1.82, 2.24) is 0 Å². The fraction of sp³-hybridized carbons (Fsp3) is 0.385. The van der Waals surface area contributed by atoms with Crippen LogP contribution in [0.5, 0.6) is 5.75 Å². The predicted octanol–water partition coefficient (Wildman–Crippen LogP) is 4.71. The Labute approximate surface area is 188 Å². The SMILES string of the molecule is CCc1cc(=O)oc2c(C)c(OCC(=O)CNc3ccc(N4CCCCC4)cc3)ccc12. The number of fused-ring (bicyclic) bond motifs is 1. The maximum absolute atomic E-state index is 12.4. The minimum Gasteiger partial charge on any atom is -0.485 e. The number of hydrogen-bond acceptors (Lipinski definition) is 6. The molecule has 0 spiro atoms. The number of benzene rings is 2. The summed E-state index contributed by atoms with van der Waals surface area (Å²) in [6, 6.07) is 13.5. The molecule has 3 aromatic rings. The molecule has 0 saturated carbocycles. The predicted molar refractivity (Wildman–Crippen MR) is 128 cm³/mol. The second kappa shape index (κ2) is 9.90. The van der Waals surface area contributed by atoms with Crippen LogP contribution in [-0.4, -0.2) is 32.0 Å². The van der Waals surface area contributed by atoms with E-state index in [9.17, 15) is 9.59 Å². The molecule has 2 heterocycles. The van der Waals surface area contributed by atoms with E-state index in [0.29, 0.717) is 11.3 Å². The lowest BCUT2D eigenvalue weighted by molar-refractivity contribution is -0.119. The zero-order valence-corrected chi connectivity index (χ0v) is 18.8. The number of ether oxygens (including phenoxy) is 1. The summed E-state index contributed by atoms with van der Waals surface area (Å²) in [6.07, 6.45) is 4.55. The molecule has 0 aliphatic carbocycles. The van der Waals surface area contributed by atoms with E-state index >= 15 is 0 Å². The van der Waals surface area contributed by atoms with Gasteiger partial charge in [-0.3, -0.25) is 4.79 Å². The van der Waals surface area contributed by atoms with Gasteiger partial charge in [-0.2, -0.15) is 0 Å². The lowest BCUT2D eigenvalue weighted by Crippen LogP contribution is -2.29. The highest BCUT2D eigenvalue weighted by atomic mass is 16.5. The molecule has 1 aromatic heterocycles. The number of carbonyl (C=O) groups excluding carboxylic acids is 1. The first-order chi connectivity index (χ1) is 15.5. The number of hydrogen-bond donors (Lipinski definition) is 1. The van der Waals surface area contributed by atoms with Gasteiger partial charge >= 0.3 is 5.63 Å². The summed E-state index contributed by atoms with van der Waals surface area (Å²) >= 11 is 0. The Morgan fingerprint density at radius 1 is 1.09 bits per heavy atom. The van der Waals surface area contributed by atoms with Crippen molar-refractivity contribution in [2.24, 2.45) is 0 Å². The lowest BCUT2D eigenvalue weighted by atomic mass is 10.0. The molecule has 1 aliphatic rings. The van der Waals surface area contributed by atoms with Crippen LogP contribution in [0.25, 0.3) is 11.0 Å². The number of aryl methyl sites for hydroxylation is 2. The van der Waals surface area contributed by atoms with Crippen LogP contribution in [-0.2, 0) is 11.2 Å². The van der Waals surface area contributed by atoms with Crippen LogP contribution in [0, 0.1) is 6.92 Å². The Morgan fingerprint density at radius 3 is 2.56 bits per heavy atom. The molecule has 6 heteroatoms. The third-order valence-electron chi connectivity index (χ3n) is 6.04. The molecule has 1 aliphatic heterocycles. The summed E-state index contributed by atoms with van der Waals surface area (Å²) in [7, 11) is 0. The number of piperidine rings is 1. The second-order valence-corrected chi connectivity index (χ2v) is 8.29. The van der Waals surface area contributed by atoms with Crippen molar-refractivity contribution in [2.75, 3.05) is 36.5 Å². The summed E-state index contributed by atoms with van der Waals surface area (Å²) < 4.78 is 11.2. The van der Waals surface area contributed by atoms with E-state index in [1.54, 1.807) is 0 Å².